The highest BCUT2D eigenvalue weighted by molar-refractivity contribution is 6.30. The number of hydrogen-bond donors (Lipinski definition) is 1. The van der Waals surface area contributed by atoms with Gasteiger partial charge < -0.3 is 9.84 Å². The van der Waals surface area contributed by atoms with Crippen molar-refractivity contribution in [1.82, 2.24) is 0 Å². The van der Waals surface area contributed by atoms with Crippen LogP contribution in [-0.4, -0.2) is 11.7 Å². The third kappa shape index (κ3) is 3.57. The van der Waals surface area contributed by atoms with Crippen molar-refractivity contribution in [2.45, 2.75) is 12.7 Å². The zero-order valence-electron chi connectivity index (χ0n) is 9.92. The summed E-state index contributed by atoms with van der Waals surface area (Å²) in [4.78, 5) is 0. The van der Waals surface area contributed by atoms with Gasteiger partial charge in [-0.15, -0.1) is 0 Å². The average Bonchev–Trinajstić information content (AvgIpc) is 2.42. The van der Waals surface area contributed by atoms with Crippen molar-refractivity contribution in [3.05, 3.63) is 70.7 Å². The van der Waals surface area contributed by atoms with Gasteiger partial charge in [-0.2, -0.15) is 0 Å². The van der Waals surface area contributed by atoms with Gasteiger partial charge in [-0.25, -0.2) is 0 Å². The van der Waals surface area contributed by atoms with Gasteiger partial charge in [0.1, 0.15) is 6.10 Å². The molecule has 0 saturated carbocycles. The maximum atomic E-state index is 9.37. The summed E-state index contributed by atoms with van der Waals surface area (Å²) in [7, 11) is 0. The summed E-state index contributed by atoms with van der Waals surface area (Å²) < 4.78 is 5.71. The van der Waals surface area contributed by atoms with Crippen LogP contribution in [0.1, 0.15) is 17.2 Å². The van der Waals surface area contributed by atoms with E-state index in [4.69, 9.17) is 16.3 Å². The fourth-order valence-electron chi connectivity index (χ4n) is 1.70. The van der Waals surface area contributed by atoms with E-state index >= 15 is 0 Å². The zero-order valence-corrected chi connectivity index (χ0v) is 10.7. The molecule has 18 heavy (non-hydrogen) atoms. The fraction of sp³-hybridized carbons (Fsp3) is 0.200. The molecule has 3 heteroatoms. The normalized spacial score (nSPS) is 12.3. The second kappa shape index (κ2) is 6.55. The van der Waals surface area contributed by atoms with E-state index in [0.717, 1.165) is 11.1 Å². The molecule has 0 heterocycles. The minimum atomic E-state index is -0.317. The predicted molar refractivity (Wildman–Crippen MR) is 72.5 cm³/mol. The molecule has 1 unspecified atom stereocenters. The minimum absolute atomic E-state index is 0.0472. The molecule has 0 radical (unpaired) electrons. The van der Waals surface area contributed by atoms with Crippen LogP contribution in [0.5, 0.6) is 0 Å². The number of aliphatic hydroxyl groups excluding tert-OH is 1. The van der Waals surface area contributed by atoms with E-state index in [1.807, 2.05) is 42.5 Å². The first-order chi connectivity index (χ1) is 8.79. The molecular formula is C15H15ClO2. The van der Waals surface area contributed by atoms with Crippen LogP contribution >= 0.6 is 11.6 Å². The summed E-state index contributed by atoms with van der Waals surface area (Å²) in [5, 5.41) is 10.0. The smallest absolute Gasteiger partial charge is 0.106 e. The number of hydrogen-bond acceptors (Lipinski definition) is 2. The number of rotatable bonds is 5. The Labute approximate surface area is 112 Å². The Morgan fingerprint density at radius 3 is 2.28 bits per heavy atom. The van der Waals surface area contributed by atoms with Crippen LogP contribution in [0.2, 0.25) is 5.02 Å². The summed E-state index contributed by atoms with van der Waals surface area (Å²) in [5.41, 5.74) is 2.02. The maximum absolute atomic E-state index is 9.37. The Bertz CT molecular complexity index is 468. The summed E-state index contributed by atoms with van der Waals surface area (Å²) in [6, 6.07) is 17.2. The van der Waals surface area contributed by atoms with Gasteiger partial charge in [0.25, 0.3) is 0 Å². The SMILES string of the molecule is OCC(OCc1ccccc1)c1ccc(Cl)cc1. The molecule has 0 saturated heterocycles. The molecule has 1 atom stereocenters. The highest BCUT2D eigenvalue weighted by atomic mass is 35.5. The van der Waals surface area contributed by atoms with Crippen LogP contribution in [0.4, 0.5) is 0 Å². The molecule has 94 valence electrons. The van der Waals surface area contributed by atoms with Gasteiger partial charge in [0.05, 0.1) is 13.2 Å². The van der Waals surface area contributed by atoms with Crippen LogP contribution in [-0.2, 0) is 11.3 Å². The van der Waals surface area contributed by atoms with E-state index in [2.05, 4.69) is 0 Å². The summed E-state index contributed by atoms with van der Waals surface area (Å²) in [5.74, 6) is 0. The molecule has 2 aromatic rings. The summed E-state index contributed by atoms with van der Waals surface area (Å²) in [6.07, 6.45) is -0.317. The standard InChI is InChI=1S/C15H15ClO2/c16-14-8-6-13(7-9-14)15(10-17)18-11-12-4-2-1-3-5-12/h1-9,15,17H,10-11H2. The van der Waals surface area contributed by atoms with Crippen molar-refractivity contribution < 1.29 is 9.84 Å². The topological polar surface area (TPSA) is 29.5 Å². The van der Waals surface area contributed by atoms with E-state index in [1.165, 1.54) is 0 Å². The fourth-order valence-corrected chi connectivity index (χ4v) is 1.83. The van der Waals surface area contributed by atoms with Crippen LogP contribution < -0.4 is 0 Å². The first-order valence-electron chi connectivity index (χ1n) is 5.81. The molecule has 2 rings (SSSR count). The van der Waals surface area contributed by atoms with Crippen LogP contribution in [0.3, 0.4) is 0 Å². The highest BCUT2D eigenvalue weighted by Crippen LogP contribution is 2.20. The van der Waals surface area contributed by atoms with Gasteiger partial charge in [0.15, 0.2) is 0 Å². The van der Waals surface area contributed by atoms with Gasteiger partial charge in [-0.05, 0) is 23.3 Å². The second-order valence-corrected chi connectivity index (χ2v) is 4.46. The van der Waals surface area contributed by atoms with Crippen LogP contribution in [0.25, 0.3) is 0 Å². The van der Waals surface area contributed by atoms with E-state index in [9.17, 15) is 5.11 Å². The minimum Gasteiger partial charge on any atom is -0.393 e. The van der Waals surface area contributed by atoms with Crippen molar-refractivity contribution in [3.8, 4) is 0 Å². The van der Waals surface area contributed by atoms with Crippen molar-refractivity contribution in [2.75, 3.05) is 6.61 Å². The lowest BCUT2D eigenvalue weighted by atomic mass is 10.1. The molecule has 0 bridgehead atoms. The van der Waals surface area contributed by atoms with Crippen LogP contribution in [0, 0.1) is 0 Å². The molecule has 1 N–H and O–H groups in total. The lowest BCUT2D eigenvalue weighted by Crippen LogP contribution is -2.08. The first-order valence-corrected chi connectivity index (χ1v) is 6.19. The molecule has 0 aliphatic heterocycles. The Kier molecular flexibility index (Phi) is 4.76. The van der Waals surface area contributed by atoms with Crippen molar-refractivity contribution in [2.24, 2.45) is 0 Å². The Morgan fingerprint density at radius 1 is 1.00 bits per heavy atom. The Morgan fingerprint density at radius 2 is 1.67 bits per heavy atom. The van der Waals surface area contributed by atoms with Gasteiger partial charge in [-0.3, -0.25) is 0 Å². The highest BCUT2D eigenvalue weighted by Gasteiger charge is 2.10. The summed E-state index contributed by atoms with van der Waals surface area (Å²) >= 11 is 5.83. The van der Waals surface area contributed by atoms with Crippen molar-refractivity contribution in [1.29, 1.82) is 0 Å². The second-order valence-electron chi connectivity index (χ2n) is 4.02. The number of aliphatic hydroxyl groups is 1. The number of ether oxygens (including phenoxy) is 1. The zero-order chi connectivity index (χ0) is 12.8. The van der Waals surface area contributed by atoms with Gasteiger partial charge in [0.2, 0.25) is 0 Å². The molecule has 2 aromatic carbocycles. The number of halogens is 1. The van der Waals surface area contributed by atoms with Gasteiger partial charge in [-0.1, -0.05) is 54.1 Å². The lowest BCUT2D eigenvalue weighted by Gasteiger charge is -2.16. The Hall–Kier alpha value is -1.35. The quantitative estimate of drug-likeness (QED) is 0.892. The van der Waals surface area contributed by atoms with E-state index in [1.54, 1.807) is 12.1 Å². The van der Waals surface area contributed by atoms with Gasteiger partial charge >= 0.3 is 0 Å². The lowest BCUT2D eigenvalue weighted by molar-refractivity contribution is 0.00111. The molecule has 0 aliphatic carbocycles. The molecule has 0 fully saturated rings. The van der Waals surface area contributed by atoms with Gasteiger partial charge in [0, 0.05) is 5.02 Å². The monoisotopic (exact) mass is 262 g/mol. The first kappa shape index (κ1) is 13.1. The Balaban J connectivity index is 1.99. The van der Waals surface area contributed by atoms with E-state index < -0.39 is 0 Å². The van der Waals surface area contributed by atoms with Crippen molar-refractivity contribution >= 4 is 11.6 Å². The van der Waals surface area contributed by atoms with E-state index in [-0.39, 0.29) is 12.7 Å². The third-order valence-corrected chi connectivity index (χ3v) is 2.95. The largest absolute Gasteiger partial charge is 0.393 e. The molecular weight excluding hydrogens is 248 g/mol. The number of benzene rings is 2. The van der Waals surface area contributed by atoms with E-state index in [0.29, 0.717) is 11.6 Å². The molecule has 0 spiro atoms. The van der Waals surface area contributed by atoms with Crippen molar-refractivity contribution in [3.63, 3.8) is 0 Å². The summed E-state index contributed by atoms with van der Waals surface area (Å²) in [6.45, 7) is 0.434. The third-order valence-electron chi connectivity index (χ3n) is 2.70. The molecule has 2 nitrogen and oxygen atoms in total. The molecule has 0 aromatic heterocycles. The molecule has 0 aliphatic rings. The average molecular weight is 263 g/mol. The maximum Gasteiger partial charge on any atom is 0.106 e. The predicted octanol–water partition coefficient (Wildman–Crippen LogP) is 3.59. The van der Waals surface area contributed by atoms with Crippen LogP contribution in [0.15, 0.2) is 54.6 Å². The molecule has 0 amide bonds.